The fourth-order valence-electron chi connectivity index (χ4n) is 1.17. The Balaban J connectivity index is 2.67. The van der Waals surface area contributed by atoms with Crippen molar-refractivity contribution < 1.29 is 22.8 Å². The van der Waals surface area contributed by atoms with Crippen molar-refractivity contribution in [2.75, 3.05) is 19.6 Å². The van der Waals surface area contributed by atoms with Crippen molar-refractivity contribution in [1.29, 1.82) is 0 Å². The van der Waals surface area contributed by atoms with E-state index in [1.807, 2.05) is 0 Å². The minimum absolute atomic E-state index is 0.256. The molecule has 1 heterocycles. The number of rotatable bonds is 3. The number of urea groups is 1. The Hall–Kier alpha value is -1.31. The molecule has 86 valence electrons. The molecular weight excluding hydrogens is 215 g/mol. The monoisotopic (exact) mass is 225 g/mol. The second-order valence-corrected chi connectivity index (χ2v) is 3.14. The fraction of sp³-hybridized carbons (Fsp3) is 0.714. The third-order valence-corrected chi connectivity index (χ3v) is 2.09. The van der Waals surface area contributed by atoms with Crippen LogP contribution in [0.25, 0.3) is 0 Å². The zero-order valence-electron chi connectivity index (χ0n) is 7.67. The lowest BCUT2D eigenvalue weighted by Gasteiger charge is -2.22. The fourth-order valence-corrected chi connectivity index (χ4v) is 1.17. The minimum atomic E-state index is -4.50. The van der Waals surface area contributed by atoms with Crippen LogP contribution in [0.15, 0.2) is 0 Å². The Labute approximate surface area is 83.4 Å². The van der Waals surface area contributed by atoms with Gasteiger partial charge in [-0.15, -0.1) is 0 Å². The second-order valence-electron chi connectivity index (χ2n) is 3.14. The van der Waals surface area contributed by atoms with Gasteiger partial charge in [-0.1, -0.05) is 0 Å². The van der Waals surface area contributed by atoms with Gasteiger partial charge in [-0.25, -0.2) is 4.79 Å². The summed E-state index contributed by atoms with van der Waals surface area (Å²) in [6.45, 7) is -1.63. The van der Waals surface area contributed by atoms with Gasteiger partial charge in [0.2, 0.25) is 5.91 Å². The molecule has 8 heteroatoms. The number of nitrogens with one attached hydrogen (secondary N) is 1. The molecule has 1 saturated heterocycles. The molecular formula is C7H10F3N3O2. The van der Waals surface area contributed by atoms with Gasteiger partial charge in [0, 0.05) is 13.1 Å². The summed E-state index contributed by atoms with van der Waals surface area (Å²) in [4.78, 5) is 22.5. The average molecular weight is 225 g/mol. The van der Waals surface area contributed by atoms with Gasteiger partial charge in [0.15, 0.2) is 0 Å². The van der Waals surface area contributed by atoms with E-state index in [2.05, 4.69) is 5.32 Å². The van der Waals surface area contributed by atoms with E-state index >= 15 is 0 Å². The predicted molar refractivity (Wildman–Crippen MR) is 43.7 cm³/mol. The van der Waals surface area contributed by atoms with E-state index in [1.54, 1.807) is 0 Å². The molecule has 1 fully saturated rings. The van der Waals surface area contributed by atoms with Crippen molar-refractivity contribution in [2.45, 2.75) is 6.18 Å². The van der Waals surface area contributed by atoms with E-state index < -0.39 is 37.1 Å². The maximum atomic E-state index is 12.3. The molecule has 3 amide bonds. The molecule has 0 saturated carbocycles. The zero-order chi connectivity index (χ0) is 11.6. The third-order valence-electron chi connectivity index (χ3n) is 2.09. The zero-order valence-corrected chi connectivity index (χ0v) is 7.67. The van der Waals surface area contributed by atoms with Crippen molar-refractivity contribution in [3.63, 3.8) is 0 Å². The Kier molecular flexibility index (Phi) is 3.18. The largest absolute Gasteiger partial charge is 0.394 e. The number of halogens is 3. The number of imide groups is 1. The summed E-state index contributed by atoms with van der Waals surface area (Å²) < 4.78 is 36.8. The molecule has 0 aromatic rings. The lowest BCUT2D eigenvalue weighted by molar-refractivity contribution is -0.174. The van der Waals surface area contributed by atoms with Crippen LogP contribution in [-0.2, 0) is 4.79 Å². The number of hydrogen-bond acceptors (Lipinski definition) is 3. The summed E-state index contributed by atoms with van der Waals surface area (Å²) >= 11 is 0. The Morgan fingerprint density at radius 1 is 1.47 bits per heavy atom. The Morgan fingerprint density at radius 2 is 2.07 bits per heavy atom. The van der Waals surface area contributed by atoms with Gasteiger partial charge in [0.1, 0.15) is 0 Å². The highest BCUT2D eigenvalue weighted by Crippen LogP contribution is 2.26. The van der Waals surface area contributed by atoms with Gasteiger partial charge in [-0.3, -0.25) is 9.69 Å². The van der Waals surface area contributed by atoms with Gasteiger partial charge in [-0.05, 0) is 0 Å². The smallest absolute Gasteiger partial charge is 0.330 e. The maximum Gasteiger partial charge on any atom is 0.394 e. The van der Waals surface area contributed by atoms with Crippen molar-refractivity contribution in [1.82, 2.24) is 10.2 Å². The van der Waals surface area contributed by atoms with Crippen LogP contribution in [-0.4, -0.2) is 42.6 Å². The Morgan fingerprint density at radius 3 is 2.40 bits per heavy atom. The highest BCUT2D eigenvalue weighted by Gasteiger charge is 2.42. The molecule has 0 bridgehead atoms. The molecule has 0 aromatic heterocycles. The summed E-state index contributed by atoms with van der Waals surface area (Å²) in [7, 11) is 0. The number of carbonyl (C=O) groups is 2. The minimum Gasteiger partial charge on any atom is -0.330 e. The first-order valence-corrected chi connectivity index (χ1v) is 4.21. The summed E-state index contributed by atoms with van der Waals surface area (Å²) in [5, 5.41) is 2.13. The third kappa shape index (κ3) is 2.58. The van der Waals surface area contributed by atoms with Gasteiger partial charge in [-0.2, -0.15) is 13.2 Å². The van der Waals surface area contributed by atoms with E-state index in [0.717, 1.165) is 0 Å². The number of carbonyl (C=O) groups excluding carboxylic acids is 2. The van der Waals surface area contributed by atoms with Gasteiger partial charge in [0.05, 0.1) is 12.5 Å². The van der Waals surface area contributed by atoms with Crippen molar-refractivity contribution in [3.05, 3.63) is 0 Å². The van der Waals surface area contributed by atoms with Crippen LogP contribution in [0, 0.1) is 5.92 Å². The summed E-state index contributed by atoms with van der Waals surface area (Å²) in [5.41, 5.74) is 4.94. The first-order chi connectivity index (χ1) is 6.86. The lowest BCUT2D eigenvalue weighted by atomic mass is 10.1. The molecule has 5 nitrogen and oxygen atoms in total. The highest BCUT2D eigenvalue weighted by molar-refractivity contribution is 6.01. The van der Waals surface area contributed by atoms with Crippen LogP contribution in [0.4, 0.5) is 18.0 Å². The SMILES string of the molecule is NCC(CN1C(=O)CNC1=O)C(F)(F)F. The number of nitrogens with two attached hydrogens (primary N) is 1. The van der Waals surface area contributed by atoms with Gasteiger partial charge in [0.25, 0.3) is 0 Å². The number of hydrogen-bond donors (Lipinski definition) is 2. The first-order valence-electron chi connectivity index (χ1n) is 4.21. The summed E-state index contributed by atoms with van der Waals surface area (Å²) in [6, 6.07) is -0.803. The number of alkyl halides is 3. The molecule has 1 atom stereocenters. The van der Waals surface area contributed by atoms with Gasteiger partial charge < -0.3 is 11.1 Å². The molecule has 15 heavy (non-hydrogen) atoms. The van der Waals surface area contributed by atoms with Crippen LogP contribution in [0.5, 0.6) is 0 Å². The van der Waals surface area contributed by atoms with Crippen molar-refractivity contribution in [2.24, 2.45) is 11.7 Å². The number of amides is 3. The average Bonchev–Trinajstić information content (AvgIpc) is 2.41. The lowest BCUT2D eigenvalue weighted by Crippen LogP contribution is -2.43. The molecule has 0 spiro atoms. The van der Waals surface area contributed by atoms with Crippen LogP contribution < -0.4 is 11.1 Å². The maximum absolute atomic E-state index is 12.3. The van der Waals surface area contributed by atoms with Crippen molar-refractivity contribution >= 4 is 11.9 Å². The summed E-state index contributed by atoms with van der Waals surface area (Å²) in [6.07, 6.45) is -4.50. The highest BCUT2D eigenvalue weighted by atomic mass is 19.4. The van der Waals surface area contributed by atoms with Crippen molar-refractivity contribution in [3.8, 4) is 0 Å². The first kappa shape index (κ1) is 11.8. The molecule has 1 unspecified atom stereocenters. The van der Waals surface area contributed by atoms with E-state index in [1.165, 1.54) is 0 Å². The molecule has 1 aliphatic rings. The topological polar surface area (TPSA) is 75.4 Å². The second kappa shape index (κ2) is 4.05. The van der Waals surface area contributed by atoms with Crippen LogP contribution in [0.1, 0.15) is 0 Å². The van der Waals surface area contributed by atoms with Gasteiger partial charge >= 0.3 is 12.2 Å². The molecule has 1 rings (SSSR count). The van der Waals surface area contributed by atoms with Crippen LogP contribution in [0.3, 0.4) is 0 Å². The summed E-state index contributed by atoms with van der Waals surface area (Å²) in [5.74, 6) is -2.53. The normalized spacial score (nSPS) is 19.3. The molecule has 0 radical (unpaired) electrons. The van der Waals surface area contributed by atoms with E-state index in [9.17, 15) is 22.8 Å². The van der Waals surface area contributed by atoms with E-state index in [0.29, 0.717) is 4.90 Å². The molecule has 1 aliphatic heterocycles. The van der Waals surface area contributed by atoms with E-state index in [-0.39, 0.29) is 6.54 Å². The van der Waals surface area contributed by atoms with E-state index in [4.69, 9.17) is 5.73 Å². The number of nitrogens with zero attached hydrogens (tertiary/aromatic N) is 1. The van der Waals surface area contributed by atoms with Crippen LogP contribution in [0.2, 0.25) is 0 Å². The standard InChI is InChI=1S/C7H10F3N3O2/c8-7(9,10)4(1-11)3-13-5(14)2-12-6(13)15/h4H,1-3,11H2,(H,12,15). The Bertz CT molecular complexity index is 263. The predicted octanol–water partition coefficient (Wildman–Crippen LogP) is -0.325. The molecule has 0 aromatic carbocycles. The van der Waals surface area contributed by atoms with Crippen LogP contribution >= 0.6 is 0 Å². The quantitative estimate of drug-likeness (QED) is 0.646. The molecule has 0 aliphatic carbocycles. The molecule has 3 N–H and O–H groups in total.